The quantitative estimate of drug-likeness (QED) is 0.925. The van der Waals surface area contributed by atoms with Crippen molar-refractivity contribution < 1.29 is 4.79 Å². The van der Waals surface area contributed by atoms with Crippen molar-refractivity contribution in [1.82, 2.24) is 9.55 Å². The summed E-state index contributed by atoms with van der Waals surface area (Å²) in [6.07, 6.45) is 8.99. The van der Waals surface area contributed by atoms with Crippen LogP contribution in [0.25, 0.3) is 11.4 Å². The highest BCUT2D eigenvalue weighted by Gasteiger charge is 2.19. The van der Waals surface area contributed by atoms with E-state index < -0.39 is 0 Å². The smallest absolute Gasteiger partial charge is 0.221 e. The third kappa shape index (κ3) is 2.59. The van der Waals surface area contributed by atoms with Gasteiger partial charge < -0.3 is 9.88 Å². The number of carbonyl (C=O) groups is 1. The number of imidazole rings is 1. The molecule has 1 aliphatic carbocycles. The van der Waals surface area contributed by atoms with Gasteiger partial charge in [0.15, 0.2) is 0 Å². The van der Waals surface area contributed by atoms with Gasteiger partial charge in [-0.05, 0) is 25.0 Å². The SMILES string of the molecule is CC(=O)Nc1cccc(-c2nccn2C2CCCC2)c1. The molecule has 0 aliphatic heterocycles. The van der Waals surface area contributed by atoms with Crippen LogP contribution in [0.5, 0.6) is 0 Å². The van der Waals surface area contributed by atoms with Crippen molar-refractivity contribution in [3.8, 4) is 11.4 Å². The highest BCUT2D eigenvalue weighted by atomic mass is 16.1. The van der Waals surface area contributed by atoms with Gasteiger partial charge in [-0.2, -0.15) is 0 Å². The zero-order valence-electron chi connectivity index (χ0n) is 11.7. The minimum Gasteiger partial charge on any atom is -0.328 e. The van der Waals surface area contributed by atoms with Gasteiger partial charge in [-0.3, -0.25) is 4.79 Å². The minimum atomic E-state index is -0.0544. The van der Waals surface area contributed by atoms with Crippen LogP contribution in [0.4, 0.5) is 5.69 Å². The maximum absolute atomic E-state index is 11.2. The van der Waals surface area contributed by atoms with E-state index in [0.29, 0.717) is 6.04 Å². The molecule has 1 fully saturated rings. The average molecular weight is 269 g/mol. The molecule has 0 bridgehead atoms. The molecule has 0 saturated heterocycles. The van der Waals surface area contributed by atoms with Crippen molar-refractivity contribution in [2.24, 2.45) is 0 Å². The van der Waals surface area contributed by atoms with Crippen LogP contribution in [0.2, 0.25) is 0 Å². The first-order valence-electron chi connectivity index (χ1n) is 7.15. The number of anilines is 1. The van der Waals surface area contributed by atoms with Crippen molar-refractivity contribution >= 4 is 11.6 Å². The molecular formula is C16H19N3O. The number of hydrogen-bond acceptors (Lipinski definition) is 2. The van der Waals surface area contributed by atoms with Crippen LogP contribution < -0.4 is 5.32 Å². The third-order valence-electron chi connectivity index (χ3n) is 3.83. The Morgan fingerprint density at radius 2 is 2.15 bits per heavy atom. The summed E-state index contributed by atoms with van der Waals surface area (Å²) in [5.41, 5.74) is 1.86. The summed E-state index contributed by atoms with van der Waals surface area (Å²) >= 11 is 0. The van der Waals surface area contributed by atoms with E-state index in [4.69, 9.17) is 0 Å². The molecule has 4 nitrogen and oxygen atoms in total. The van der Waals surface area contributed by atoms with Gasteiger partial charge in [0, 0.05) is 36.6 Å². The lowest BCUT2D eigenvalue weighted by molar-refractivity contribution is -0.114. The van der Waals surface area contributed by atoms with Gasteiger partial charge in [-0.15, -0.1) is 0 Å². The fraction of sp³-hybridized carbons (Fsp3) is 0.375. The van der Waals surface area contributed by atoms with Gasteiger partial charge >= 0.3 is 0 Å². The van der Waals surface area contributed by atoms with Crippen LogP contribution in [-0.4, -0.2) is 15.5 Å². The maximum atomic E-state index is 11.2. The number of rotatable bonds is 3. The molecule has 0 unspecified atom stereocenters. The van der Waals surface area contributed by atoms with E-state index >= 15 is 0 Å². The molecule has 1 amide bonds. The van der Waals surface area contributed by atoms with Crippen LogP contribution in [0.3, 0.4) is 0 Å². The van der Waals surface area contributed by atoms with Crippen LogP contribution in [-0.2, 0) is 4.79 Å². The number of nitrogens with one attached hydrogen (secondary N) is 1. The lowest BCUT2D eigenvalue weighted by atomic mass is 10.1. The van der Waals surface area contributed by atoms with Gasteiger partial charge in [0.2, 0.25) is 5.91 Å². The number of nitrogens with zero attached hydrogens (tertiary/aromatic N) is 2. The van der Waals surface area contributed by atoms with E-state index in [0.717, 1.165) is 17.1 Å². The van der Waals surface area contributed by atoms with Crippen molar-refractivity contribution in [3.63, 3.8) is 0 Å². The molecule has 0 radical (unpaired) electrons. The highest BCUT2D eigenvalue weighted by Crippen LogP contribution is 2.33. The number of amides is 1. The summed E-state index contributed by atoms with van der Waals surface area (Å²) in [4.78, 5) is 15.7. The molecular weight excluding hydrogens is 250 g/mol. The van der Waals surface area contributed by atoms with E-state index in [1.54, 1.807) is 0 Å². The molecule has 1 N–H and O–H groups in total. The van der Waals surface area contributed by atoms with Crippen LogP contribution in [0.15, 0.2) is 36.7 Å². The molecule has 1 aliphatic rings. The van der Waals surface area contributed by atoms with E-state index in [1.165, 1.54) is 32.6 Å². The topological polar surface area (TPSA) is 46.9 Å². The second-order valence-corrected chi connectivity index (χ2v) is 5.36. The molecule has 20 heavy (non-hydrogen) atoms. The lowest BCUT2D eigenvalue weighted by Gasteiger charge is -2.15. The predicted molar refractivity (Wildman–Crippen MR) is 79.5 cm³/mol. The van der Waals surface area contributed by atoms with E-state index in [9.17, 15) is 4.79 Å². The molecule has 2 aromatic rings. The molecule has 1 saturated carbocycles. The summed E-state index contributed by atoms with van der Waals surface area (Å²) in [6.45, 7) is 1.52. The van der Waals surface area contributed by atoms with Crippen LogP contribution >= 0.6 is 0 Å². The fourth-order valence-electron chi connectivity index (χ4n) is 2.95. The molecule has 0 atom stereocenters. The number of carbonyl (C=O) groups excluding carboxylic acids is 1. The van der Waals surface area contributed by atoms with Gasteiger partial charge in [0.25, 0.3) is 0 Å². The Balaban J connectivity index is 1.92. The molecule has 4 heteroatoms. The highest BCUT2D eigenvalue weighted by molar-refractivity contribution is 5.89. The fourth-order valence-corrected chi connectivity index (χ4v) is 2.95. The van der Waals surface area contributed by atoms with Gasteiger partial charge in [0.05, 0.1) is 0 Å². The van der Waals surface area contributed by atoms with Crippen molar-refractivity contribution in [2.45, 2.75) is 38.6 Å². The number of aromatic nitrogens is 2. The molecule has 104 valence electrons. The van der Waals surface area contributed by atoms with Gasteiger partial charge in [-0.1, -0.05) is 25.0 Å². The van der Waals surface area contributed by atoms with Crippen LogP contribution in [0, 0.1) is 0 Å². The molecule has 1 aromatic carbocycles. The summed E-state index contributed by atoms with van der Waals surface area (Å²) in [5.74, 6) is 0.936. The van der Waals surface area contributed by atoms with Crippen LogP contribution in [0.1, 0.15) is 38.6 Å². The standard InChI is InChI=1S/C16H19N3O/c1-12(20)18-14-6-4-5-13(11-14)16-17-9-10-19(16)15-7-2-3-8-15/h4-6,9-11,15H,2-3,7-8H2,1H3,(H,18,20). The van der Waals surface area contributed by atoms with Crippen molar-refractivity contribution in [2.75, 3.05) is 5.32 Å². The average Bonchev–Trinajstić information content (AvgIpc) is 3.09. The number of benzene rings is 1. The largest absolute Gasteiger partial charge is 0.328 e. The van der Waals surface area contributed by atoms with Crippen molar-refractivity contribution in [1.29, 1.82) is 0 Å². The maximum Gasteiger partial charge on any atom is 0.221 e. The second-order valence-electron chi connectivity index (χ2n) is 5.36. The predicted octanol–water partition coefficient (Wildman–Crippen LogP) is 3.62. The van der Waals surface area contributed by atoms with E-state index in [-0.39, 0.29) is 5.91 Å². The Bertz CT molecular complexity index is 612. The Hall–Kier alpha value is -2.10. The first-order chi connectivity index (χ1) is 9.74. The van der Waals surface area contributed by atoms with Gasteiger partial charge in [-0.25, -0.2) is 4.98 Å². The Kier molecular flexibility index (Phi) is 3.54. The first-order valence-corrected chi connectivity index (χ1v) is 7.15. The Morgan fingerprint density at radius 3 is 2.90 bits per heavy atom. The normalized spacial score (nSPS) is 15.4. The molecule has 1 heterocycles. The molecule has 3 rings (SSSR count). The molecule has 0 spiro atoms. The van der Waals surface area contributed by atoms with E-state index in [1.807, 2.05) is 30.5 Å². The second kappa shape index (κ2) is 5.49. The zero-order valence-corrected chi connectivity index (χ0v) is 11.7. The monoisotopic (exact) mass is 269 g/mol. The zero-order chi connectivity index (χ0) is 13.9. The van der Waals surface area contributed by atoms with Crippen molar-refractivity contribution in [3.05, 3.63) is 36.7 Å². The third-order valence-corrected chi connectivity index (χ3v) is 3.83. The Morgan fingerprint density at radius 1 is 1.35 bits per heavy atom. The minimum absolute atomic E-state index is 0.0544. The Labute approximate surface area is 118 Å². The molecule has 1 aromatic heterocycles. The summed E-state index contributed by atoms with van der Waals surface area (Å²) in [7, 11) is 0. The first kappa shape index (κ1) is 12.9. The summed E-state index contributed by atoms with van der Waals surface area (Å²) < 4.78 is 2.28. The lowest BCUT2D eigenvalue weighted by Crippen LogP contribution is -2.07. The summed E-state index contributed by atoms with van der Waals surface area (Å²) in [5, 5.41) is 2.82. The van der Waals surface area contributed by atoms with E-state index in [2.05, 4.69) is 21.1 Å². The number of hydrogen-bond donors (Lipinski definition) is 1. The summed E-state index contributed by atoms with van der Waals surface area (Å²) in [6, 6.07) is 8.44. The van der Waals surface area contributed by atoms with Gasteiger partial charge in [0.1, 0.15) is 5.82 Å².